The number of nitrogens with two attached hydrogens (primary N) is 1. The molecule has 2 aromatic rings. The molecule has 0 heterocycles. The molecule has 0 radical (unpaired) electrons. The zero-order valence-electron chi connectivity index (χ0n) is 17.3. The number of amides is 3. The zero-order valence-corrected chi connectivity index (χ0v) is 18.9. The van der Waals surface area contributed by atoms with Gasteiger partial charge in [-0.15, -0.1) is 0 Å². The minimum Gasteiger partial charge on any atom is -0.448 e. The topological polar surface area (TPSA) is 136 Å². The number of anilines is 1. The fourth-order valence-corrected chi connectivity index (χ4v) is 4.05. The average molecular weight is 486 g/mol. The van der Waals surface area contributed by atoms with E-state index in [-0.39, 0.29) is 21.2 Å². The summed E-state index contributed by atoms with van der Waals surface area (Å²) in [6.07, 6.45) is -1.38. The van der Waals surface area contributed by atoms with Crippen LogP contribution in [0.4, 0.5) is 14.9 Å². The summed E-state index contributed by atoms with van der Waals surface area (Å²) in [5.74, 6) is -3.07. The highest BCUT2D eigenvalue weighted by molar-refractivity contribution is 7.92. The van der Waals surface area contributed by atoms with Crippen LogP contribution in [0.5, 0.6) is 0 Å². The first-order valence-corrected chi connectivity index (χ1v) is 11.0. The maximum atomic E-state index is 13.2. The van der Waals surface area contributed by atoms with Crippen LogP contribution in [-0.2, 0) is 19.6 Å². The number of halogens is 2. The number of nitrogens with zero attached hydrogens (tertiary/aromatic N) is 1. The van der Waals surface area contributed by atoms with Crippen molar-refractivity contribution in [1.82, 2.24) is 5.32 Å². The molecule has 3 N–H and O–H groups in total. The molecule has 0 bridgehead atoms. The van der Waals surface area contributed by atoms with Gasteiger partial charge in [0.1, 0.15) is 5.82 Å². The molecule has 0 aliphatic carbocycles. The number of carbonyl (C=O) groups is 3. The number of rotatable bonds is 7. The standard InChI is InChI=1S/C20H21ClFN3O6S/c1-11(2)17(18(26)24-20(23)28)31-19(27)15-10-14(8-9-16(15)21)32(29,30)25(3)13-6-4-12(22)5-7-13/h4-11,17H,1-3H3,(H3,23,24,26,28). The van der Waals surface area contributed by atoms with Crippen molar-refractivity contribution >= 4 is 45.2 Å². The number of sulfonamides is 1. The molecule has 9 nitrogen and oxygen atoms in total. The SMILES string of the molecule is CC(C)C(OC(=O)c1cc(S(=O)(=O)N(C)c2ccc(F)cc2)ccc1Cl)C(=O)NC(N)=O. The molecule has 0 aliphatic heterocycles. The fourth-order valence-electron chi connectivity index (χ4n) is 2.63. The predicted octanol–water partition coefficient (Wildman–Crippen LogP) is 2.68. The van der Waals surface area contributed by atoms with Gasteiger partial charge in [0.05, 0.1) is 21.2 Å². The molecular formula is C20H21ClFN3O6S. The van der Waals surface area contributed by atoms with Crippen LogP contribution in [-0.4, -0.2) is 39.5 Å². The largest absolute Gasteiger partial charge is 0.448 e. The van der Waals surface area contributed by atoms with Gasteiger partial charge in [0, 0.05) is 7.05 Å². The molecule has 1 atom stereocenters. The van der Waals surface area contributed by atoms with E-state index in [1.807, 2.05) is 5.32 Å². The molecule has 12 heteroatoms. The van der Waals surface area contributed by atoms with Gasteiger partial charge in [0.2, 0.25) is 0 Å². The van der Waals surface area contributed by atoms with Crippen molar-refractivity contribution in [3.63, 3.8) is 0 Å². The van der Waals surface area contributed by atoms with E-state index in [0.29, 0.717) is 0 Å². The number of nitrogens with one attached hydrogen (secondary N) is 1. The molecule has 172 valence electrons. The third kappa shape index (κ3) is 5.74. The number of hydrogen-bond donors (Lipinski definition) is 2. The second-order valence-electron chi connectivity index (χ2n) is 7.01. The van der Waals surface area contributed by atoms with Crippen LogP contribution in [0.25, 0.3) is 0 Å². The van der Waals surface area contributed by atoms with Gasteiger partial charge in [-0.1, -0.05) is 25.4 Å². The van der Waals surface area contributed by atoms with E-state index in [9.17, 15) is 27.2 Å². The van der Waals surface area contributed by atoms with Crippen molar-refractivity contribution in [1.29, 1.82) is 0 Å². The molecule has 0 saturated carbocycles. The van der Waals surface area contributed by atoms with E-state index < -0.39 is 45.8 Å². The lowest BCUT2D eigenvalue weighted by Gasteiger charge is -2.21. The molecule has 0 spiro atoms. The number of imide groups is 1. The Morgan fingerprint density at radius 1 is 1.12 bits per heavy atom. The van der Waals surface area contributed by atoms with E-state index >= 15 is 0 Å². The van der Waals surface area contributed by atoms with Gasteiger partial charge in [0.25, 0.3) is 15.9 Å². The Labute approximate surface area is 189 Å². The van der Waals surface area contributed by atoms with Crippen LogP contribution >= 0.6 is 11.6 Å². The monoisotopic (exact) mass is 485 g/mol. The van der Waals surface area contributed by atoms with Gasteiger partial charge in [-0.05, 0) is 48.4 Å². The summed E-state index contributed by atoms with van der Waals surface area (Å²) >= 11 is 6.06. The van der Waals surface area contributed by atoms with Crippen LogP contribution in [0.3, 0.4) is 0 Å². The van der Waals surface area contributed by atoms with Crippen molar-refractivity contribution in [2.24, 2.45) is 11.7 Å². The van der Waals surface area contributed by atoms with Gasteiger partial charge >= 0.3 is 12.0 Å². The lowest BCUT2D eigenvalue weighted by atomic mass is 10.1. The first kappa shape index (κ1) is 25.1. The van der Waals surface area contributed by atoms with Crippen LogP contribution in [0.2, 0.25) is 5.02 Å². The Kier molecular flexibility index (Phi) is 7.81. The van der Waals surface area contributed by atoms with E-state index in [0.717, 1.165) is 22.5 Å². The average Bonchev–Trinajstić information content (AvgIpc) is 2.71. The van der Waals surface area contributed by atoms with Gasteiger partial charge in [-0.3, -0.25) is 14.4 Å². The Balaban J connectivity index is 2.36. The predicted molar refractivity (Wildman–Crippen MR) is 115 cm³/mol. The van der Waals surface area contributed by atoms with Gasteiger partial charge in [0.15, 0.2) is 6.10 Å². The van der Waals surface area contributed by atoms with Crippen LogP contribution < -0.4 is 15.4 Å². The van der Waals surface area contributed by atoms with Crippen molar-refractivity contribution < 1.29 is 31.9 Å². The number of esters is 1. The number of carbonyl (C=O) groups excluding carboxylic acids is 3. The lowest BCUT2D eigenvalue weighted by molar-refractivity contribution is -0.130. The molecule has 3 amide bonds. The Morgan fingerprint density at radius 2 is 1.72 bits per heavy atom. The molecular weight excluding hydrogens is 465 g/mol. The molecule has 32 heavy (non-hydrogen) atoms. The summed E-state index contributed by atoms with van der Waals surface area (Å²) in [7, 11) is -2.89. The molecule has 0 aliphatic rings. The third-order valence-corrected chi connectivity index (χ3v) is 6.46. The summed E-state index contributed by atoms with van der Waals surface area (Å²) in [5.41, 5.74) is 4.81. The highest BCUT2D eigenvalue weighted by atomic mass is 35.5. The van der Waals surface area contributed by atoms with Crippen molar-refractivity contribution in [2.45, 2.75) is 24.8 Å². The van der Waals surface area contributed by atoms with Gasteiger partial charge in [-0.25, -0.2) is 22.4 Å². The number of hydrogen-bond acceptors (Lipinski definition) is 6. The first-order chi connectivity index (χ1) is 14.8. The second-order valence-corrected chi connectivity index (χ2v) is 9.39. The van der Waals surface area contributed by atoms with Crippen molar-refractivity contribution in [3.05, 3.63) is 58.9 Å². The first-order valence-electron chi connectivity index (χ1n) is 9.20. The van der Waals surface area contributed by atoms with E-state index in [4.69, 9.17) is 22.1 Å². The normalized spacial score (nSPS) is 12.2. The van der Waals surface area contributed by atoms with Crippen LogP contribution in [0.1, 0.15) is 24.2 Å². The second kappa shape index (κ2) is 9.96. The summed E-state index contributed by atoms with van der Waals surface area (Å²) in [6, 6.07) is 7.04. The minimum absolute atomic E-state index is 0.115. The molecule has 2 aromatic carbocycles. The summed E-state index contributed by atoms with van der Waals surface area (Å²) in [6.45, 7) is 3.14. The van der Waals surface area contributed by atoms with E-state index in [1.165, 1.54) is 31.3 Å². The highest BCUT2D eigenvalue weighted by Crippen LogP contribution is 2.27. The maximum Gasteiger partial charge on any atom is 0.340 e. The number of primary amides is 1. The summed E-state index contributed by atoms with van der Waals surface area (Å²) in [4.78, 5) is 35.4. The fraction of sp³-hybridized carbons (Fsp3) is 0.250. The highest BCUT2D eigenvalue weighted by Gasteiger charge is 2.30. The molecule has 0 saturated heterocycles. The Hall–Kier alpha value is -3.18. The smallest absolute Gasteiger partial charge is 0.340 e. The van der Waals surface area contributed by atoms with E-state index in [1.54, 1.807) is 13.8 Å². The van der Waals surface area contributed by atoms with Crippen LogP contribution in [0.15, 0.2) is 47.4 Å². The van der Waals surface area contributed by atoms with E-state index in [2.05, 4.69) is 0 Å². The molecule has 2 rings (SSSR count). The number of urea groups is 1. The Bertz CT molecular complexity index is 1140. The zero-order chi connectivity index (χ0) is 24.2. The maximum absolute atomic E-state index is 13.2. The third-order valence-electron chi connectivity index (χ3n) is 4.35. The lowest BCUT2D eigenvalue weighted by Crippen LogP contribution is -2.45. The number of ether oxygens (including phenoxy) is 1. The number of benzene rings is 2. The van der Waals surface area contributed by atoms with Gasteiger partial charge < -0.3 is 10.5 Å². The molecule has 0 fully saturated rings. The van der Waals surface area contributed by atoms with Gasteiger partial charge in [-0.2, -0.15) is 0 Å². The quantitative estimate of drug-likeness (QED) is 0.578. The Morgan fingerprint density at radius 3 is 2.25 bits per heavy atom. The van der Waals surface area contributed by atoms with Crippen LogP contribution in [0, 0.1) is 11.7 Å². The molecule has 1 unspecified atom stereocenters. The summed E-state index contributed by atoms with van der Waals surface area (Å²) in [5, 5.41) is 1.71. The summed E-state index contributed by atoms with van der Waals surface area (Å²) < 4.78 is 45.2. The molecule has 0 aromatic heterocycles. The van der Waals surface area contributed by atoms with Crippen molar-refractivity contribution in [3.8, 4) is 0 Å². The van der Waals surface area contributed by atoms with Crippen molar-refractivity contribution in [2.75, 3.05) is 11.4 Å². The minimum atomic E-state index is -4.15.